The molecular formula is C14H26O3. The lowest BCUT2D eigenvalue weighted by Crippen LogP contribution is -2.31. The Balaban J connectivity index is 4.34. The van der Waals surface area contributed by atoms with Gasteiger partial charge < -0.3 is 9.84 Å². The van der Waals surface area contributed by atoms with Gasteiger partial charge in [-0.25, -0.2) is 4.79 Å². The minimum Gasteiger partial charge on any atom is -0.462 e. The van der Waals surface area contributed by atoms with E-state index in [1.54, 1.807) is 0 Å². The van der Waals surface area contributed by atoms with Crippen LogP contribution in [-0.2, 0) is 9.53 Å². The third-order valence-electron chi connectivity index (χ3n) is 3.07. The van der Waals surface area contributed by atoms with E-state index < -0.39 is 0 Å². The Morgan fingerprint density at radius 2 is 2.00 bits per heavy atom. The summed E-state index contributed by atoms with van der Waals surface area (Å²) in [6.45, 7) is 8.25. The number of ether oxygens (including phenoxy) is 1. The molecule has 1 atom stereocenters. The highest BCUT2D eigenvalue weighted by Gasteiger charge is 2.28. The highest BCUT2D eigenvalue weighted by Crippen LogP contribution is 2.28. The third kappa shape index (κ3) is 6.47. The normalized spacial score (nSPS) is 13.9. The summed E-state index contributed by atoms with van der Waals surface area (Å²) in [5, 5.41) is 9.49. The van der Waals surface area contributed by atoms with Gasteiger partial charge in [-0.1, -0.05) is 32.3 Å². The molecular weight excluding hydrogens is 216 g/mol. The first-order valence-corrected chi connectivity index (χ1v) is 6.42. The predicted octanol–water partition coefficient (Wildman–Crippen LogP) is 3.07. The molecule has 0 amide bonds. The summed E-state index contributed by atoms with van der Waals surface area (Å²) < 4.78 is 5.22. The second-order valence-electron chi connectivity index (χ2n) is 4.94. The second kappa shape index (κ2) is 8.29. The SMILES string of the molecule is CCCCC(CC)(CO)COC(=O)C=C(C)C. The van der Waals surface area contributed by atoms with Gasteiger partial charge >= 0.3 is 5.97 Å². The van der Waals surface area contributed by atoms with E-state index >= 15 is 0 Å². The van der Waals surface area contributed by atoms with E-state index in [-0.39, 0.29) is 18.0 Å². The minimum atomic E-state index is -0.312. The Labute approximate surface area is 105 Å². The highest BCUT2D eigenvalue weighted by molar-refractivity contribution is 5.82. The van der Waals surface area contributed by atoms with E-state index in [1.807, 2.05) is 20.8 Å². The molecule has 0 saturated carbocycles. The lowest BCUT2D eigenvalue weighted by molar-refractivity contribution is -0.142. The molecule has 3 heteroatoms. The van der Waals surface area contributed by atoms with Crippen molar-refractivity contribution in [2.75, 3.05) is 13.2 Å². The van der Waals surface area contributed by atoms with E-state index in [4.69, 9.17) is 4.74 Å². The fourth-order valence-corrected chi connectivity index (χ4v) is 1.64. The van der Waals surface area contributed by atoms with Crippen LogP contribution in [-0.4, -0.2) is 24.3 Å². The molecule has 3 nitrogen and oxygen atoms in total. The third-order valence-corrected chi connectivity index (χ3v) is 3.07. The van der Waals surface area contributed by atoms with Gasteiger partial charge in [0.25, 0.3) is 0 Å². The Kier molecular flexibility index (Phi) is 7.88. The molecule has 0 aliphatic heterocycles. The summed E-state index contributed by atoms with van der Waals surface area (Å²) in [5.41, 5.74) is 0.663. The van der Waals surface area contributed by atoms with Crippen LogP contribution in [0.5, 0.6) is 0 Å². The van der Waals surface area contributed by atoms with Gasteiger partial charge in [-0.15, -0.1) is 0 Å². The van der Waals surface area contributed by atoms with Crippen molar-refractivity contribution in [2.24, 2.45) is 5.41 Å². The number of carbonyl (C=O) groups excluding carboxylic acids is 1. The van der Waals surface area contributed by atoms with E-state index in [0.29, 0.717) is 6.61 Å². The summed E-state index contributed by atoms with van der Waals surface area (Å²) in [6, 6.07) is 0. The van der Waals surface area contributed by atoms with Gasteiger partial charge in [0, 0.05) is 11.5 Å². The fraction of sp³-hybridized carbons (Fsp3) is 0.786. The molecule has 0 aromatic heterocycles. The average Bonchev–Trinajstić information content (AvgIpc) is 2.29. The van der Waals surface area contributed by atoms with Gasteiger partial charge in [-0.3, -0.25) is 0 Å². The van der Waals surface area contributed by atoms with Crippen molar-refractivity contribution < 1.29 is 14.6 Å². The van der Waals surface area contributed by atoms with Gasteiger partial charge in [-0.05, 0) is 26.7 Å². The van der Waals surface area contributed by atoms with Crippen molar-refractivity contribution in [1.82, 2.24) is 0 Å². The molecule has 0 aliphatic rings. The molecule has 0 saturated heterocycles. The number of carbonyl (C=O) groups is 1. The summed E-state index contributed by atoms with van der Waals surface area (Å²) in [4.78, 5) is 11.4. The molecule has 0 radical (unpaired) electrons. The number of hydrogen-bond acceptors (Lipinski definition) is 3. The zero-order chi connectivity index (χ0) is 13.3. The Morgan fingerprint density at radius 1 is 1.35 bits per heavy atom. The molecule has 1 unspecified atom stereocenters. The van der Waals surface area contributed by atoms with Crippen molar-refractivity contribution in [2.45, 2.75) is 53.4 Å². The molecule has 1 N–H and O–H groups in total. The molecule has 0 bridgehead atoms. The van der Waals surface area contributed by atoms with Crippen LogP contribution in [0, 0.1) is 5.41 Å². The van der Waals surface area contributed by atoms with Gasteiger partial charge in [-0.2, -0.15) is 0 Å². The van der Waals surface area contributed by atoms with Gasteiger partial charge in [0.05, 0.1) is 13.2 Å². The number of unbranched alkanes of at least 4 members (excludes halogenated alkanes) is 1. The van der Waals surface area contributed by atoms with Crippen molar-refractivity contribution in [3.05, 3.63) is 11.6 Å². The van der Waals surface area contributed by atoms with Gasteiger partial charge in [0.1, 0.15) is 0 Å². The minimum absolute atomic E-state index is 0.0750. The number of esters is 1. The Hall–Kier alpha value is -0.830. The van der Waals surface area contributed by atoms with Crippen LogP contribution < -0.4 is 0 Å². The zero-order valence-corrected chi connectivity index (χ0v) is 11.6. The number of hydrogen-bond donors (Lipinski definition) is 1. The topological polar surface area (TPSA) is 46.5 Å². The molecule has 0 aromatic rings. The van der Waals surface area contributed by atoms with Crippen LogP contribution in [0.25, 0.3) is 0 Å². The van der Waals surface area contributed by atoms with Crippen LogP contribution in [0.4, 0.5) is 0 Å². The predicted molar refractivity (Wildman–Crippen MR) is 69.7 cm³/mol. The van der Waals surface area contributed by atoms with E-state index in [2.05, 4.69) is 6.92 Å². The Bertz CT molecular complexity index is 248. The zero-order valence-electron chi connectivity index (χ0n) is 11.6. The maximum atomic E-state index is 11.4. The second-order valence-corrected chi connectivity index (χ2v) is 4.94. The smallest absolute Gasteiger partial charge is 0.330 e. The number of aliphatic hydroxyl groups is 1. The lowest BCUT2D eigenvalue weighted by Gasteiger charge is -2.29. The first-order valence-electron chi connectivity index (χ1n) is 6.42. The molecule has 0 heterocycles. The van der Waals surface area contributed by atoms with E-state index in [9.17, 15) is 9.90 Å². The summed E-state index contributed by atoms with van der Waals surface area (Å²) in [7, 11) is 0. The molecule has 0 aromatic carbocycles. The summed E-state index contributed by atoms with van der Waals surface area (Å²) in [5.74, 6) is -0.312. The van der Waals surface area contributed by atoms with Crippen LogP contribution in [0.2, 0.25) is 0 Å². The van der Waals surface area contributed by atoms with Gasteiger partial charge in [0.15, 0.2) is 0 Å². The van der Waals surface area contributed by atoms with Crippen LogP contribution in [0.15, 0.2) is 11.6 Å². The number of rotatable bonds is 8. The lowest BCUT2D eigenvalue weighted by atomic mass is 9.82. The Morgan fingerprint density at radius 3 is 2.41 bits per heavy atom. The standard InChI is InChI=1S/C14H26O3/c1-5-7-8-14(6-2,10-15)11-17-13(16)9-12(3)4/h9,15H,5-8,10-11H2,1-4H3. The maximum Gasteiger partial charge on any atom is 0.330 e. The van der Waals surface area contributed by atoms with Gasteiger partial charge in [0.2, 0.25) is 0 Å². The fourth-order valence-electron chi connectivity index (χ4n) is 1.64. The largest absolute Gasteiger partial charge is 0.462 e. The number of aliphatic hydroxyl groups excluding tert-OH is 1. The summed E-state index contributed by atoms with van der Waals surface area (Å²) in [6.07, 6.45) is 5.35. The number of allylic oxidation sites excluding steroid dienone is 1. The first kappa shape index (κ1) is 16.2. The van der Waals surface area contributed by atoms with Crippen molar-refractivity contribution in [1.29, 1.82) is 0 Å². The van der Waals surface area contributed by atoms with E-state index in [1.165, 1.54) is 6.08 Å². The highest BCUT2D eigenvalue weighted by atomic mass is 16.5. The first-order chi connectivity index (χ1) is 7.99. The van der Waals surface area contributed by atoms with Crippen molar-refractivity contribution >= 4 is 5.97 Å². The van der Waals surface area contributed by atoms with E-state index in [0.717, 1.165) is 31.3 Å². The maximum absolute atomic E-state index is 11.4. The van der Waals surface area contributed by atoms with Crippen molar-refractivity contribution in [3.63, 3.8) is 0 Å². The van der Waals surface area contributed by atoms with Crippen LogP contribution >= 0.6 is 0 Å². The monoisotopic (exact) mass is 242 g/mol. The quantitative estimate of drug-likeness (QED) is 0.525. The molecule has 0 rings (SSSR count). The summed E-state index contributed by atoms with van der Waals surface area (Å²) >= 11 is 0. The molecule has 0 aliphatic carbocycles. The van der Waals surface area contributed by atoms with Crippen molar-refractivity contribution in [3.8, 4) is 0 Å². The van der Waals surface area contributed by atoms with Crippen LogP contribution in [0.1, 0.15) is 53.4 Å². The average molecular weight is 242 g/mol. The molecule has 100 valence electrons. The van der Waals surface area contributed by atoms with Crippen LogP contribution in [0.3, 0.4) is 0 Å². The molecule has 0 fully saturated rings. The molecule has 17 heavy (non-hydrogen) atoms. The molecule has 0 spiro atoms.